The molecule has 0 fully saturated rings. The van der Waals surface area contributed by atoms with Crippen LogP contribution in [-0.2, 0) is 10.4 Å². The van der Waals surface area contributed by atoms with Crippen LogP contribution >= 0.6 is 11.6 Å². The average Bonchev–Trinajstić information content (AvgIpc) is 2.87. The molecule has 0 saturated carbocycles. The third kappa shape index (κ3) is 4.81. The van der Waals surface area contributed by atoms with E-state index in [4.69, 9.17) is 11.6 Å². The molecule has 0 saturated heterocycles. The average molecular weight is 502 g/mol. The molecule has 0 radical (unpaired) electrons. The van der Waals surface area contributed by atoms with E-state index in [0.29, 0.717) is 21.7 Å². The van der Waals surface area contributed by atoms with E-state index < -0.39 is 11.5 Å². The molecule has 1 aliphatic rings. The zero-order valence-electron chi connectivity index (χ0n) is 21.1. The highest BCUT2D eigenvalue weighted by Crippen LogP contribution is 2.41. The summed E-state index contributed by atoms with van der Waals surface area (Å²) < 4.78 is 0. The Hall–Kier alpha value is -3.41. The molecule has 0 bridgehead atoms. The Balaban J connectivity index is 1.64. The van der Waals surface area contributed by atoms with Gasteiger partial charge in [-0.05, 0) is 56.0 Å². The summed E-state index contributed by atoms with van der Waals surface area (Å²) in [6.45, 7) is 9.59. The second-order valence-corrected chi connectivity index (χ2v) is 10.1. The zero-order valence-corrected chi connectivity index (χ0v) is 21.9. The number of rotatable bonds is 7. The highest BCUT2D eigenvalue weighted by atomic mass is 35.5. The summed E-state index contributed by atoms with van der Waals surface area (Å²) in [6, 6.07) is 21.6. The molecule has 4 rings (SSSR count). The number of hydrogen-bond acceptors (Lipinski definition) is 4. The van der Waals surface area contributed by atoms with Crippen molar-refractivity contribution in [3.8, 4) is 0 Å². The Bertz CT molecular complexity index is 1260. The highest BCUT2D eigenvalue weighted by Gasteiger charge is 2.40. The third-order valence-electron chi connectivity index (χ3n) is 6.62. The van der Waals surface area contributed by atoms with Crippen LogP contribution in [0.3, 0.4) is 0 Å². The Kier molecular flexibility index (Phi) is 7.34. The number of carbonyl (C=O) groups excluding carboxylic acids is 1. The number of anilines is 1. The van der Waals surface area contributed by atoms with Gasteiger partial charge in [0.15, 0.2) is 5.60 Å². The predicted octanol–water partition coefficient (Wildman–Crippen LogP) is 6.14. The SMILES string of the molecule is CCCN1c2cc(Cl)c(/C=N\NC(=O)C(O)(c3ccccc3)c3ccccc3)cc2C(C)=CC1(C)C. The second-order valence-electron chi connectivity index (χ2n) is 9.67. The van der Waals surface area contributed by atoms with E-state index in [1.807, 2.05) is 24.3 Å². The maximum Gasteiger partial charge on any atom is 0.281 e. The van der Waals surface area contributed by atoms with Crippen molar-refractivity contribution in [2.45, 2.75) is 45.3 Å². The highest BCUT2D eigenvalue weighted by molar-refractivity contribution is 6.33. The standard InChI is InChI=1S/C30H32ClN3O2/c1-5-16-34-27-18-26(31)22(17-25(27)21(2)19-29(34,3)4)20-32-33-28(35)30(36,23-12-8-6-9-13-23)24-14-10-7-11-15-24/h6-15,17-20,36H,5,16H2,1-4H3,(H,33,35)/b32-20-. The first kappa shape index (κ1) is 25.7. The van der Waals surface area contributed by atoms with Gasteiger partial charge in [0.25, 0.3) is 5.91 Å². The second kappa shape index (κ2) is 10.3. The molecule has 0 atom stereocenters. The summed E-state index contributed by atoms with van der Waals surface area (Å²) in [4.78, 5) is 15.7. The van der Waals surface area contributed by atoms with Gasteiger partial charge < -0.3 is 10.0 Å². The molecule has 1 heterocycles. The number of nitrogens with one attached hydrogen (secondary N) is 1. The smallest absolute Gasteiger partial charge is 0.281 e. The van der Waals surface area contributed by atoms with Crippen molar-refractivity contribution < 1.29 is 9.90 Å². The summed E-state index contributed by atoms with van der Waals surface area (Å²) in [5.41, 5.74) is 5.46. The number of nitrogens with zero attached hydrogens (tertiary/aromatic N) is 2. The molecule has 5 nitrogen and oxygen atoms in total. The van der Waals surface area contributed by atoms with E-state index in [2.05, 4.69) is 49.2 Å². The van der Waals surface area contributed by atoms with Crippen LogP contribution in [0.15, 0.2) is 84.0 Å². The van der Waals surface area contributed by atoms with Crippen LogP contribution in [0.25, 0.3) is 5.57 Å². The molecule has 1 aliphatic heterocycles. The summed E-state index contributed by atoms with van der Waals surface area (Å²) >= 11 is 6.67. The van der Waals surface area contributed by atoms with Gasteiger partial charge in [0.2, 0.25) is 0 Å². The van der Waals surface area contributed by atoms with Crippen LogP contribution in [0.5, 0.6) is 0 Å². The first-order chi connectivity index (χ1) is 17.2. The van der Waals surface area contributed by atoms with E-state index in [0.717, 1.165) is 24.2 Å². The van der Waals surface area contributed by atoms with Gasteiger partial charge in [-0.15, -0.1) is 0 Å². The molecule has 3 aromatic rings. The number of hydrogen-bond donors (Lipinski definition) is 2. The lowest BCUT2D eigenvalue weighted by Crippen LogP contribution is -2.45. The lowest BCUT2D eigenvalue weighted by molar-refractivity contribution is -0.136. The number of allylic oxidation sites excluding steroid dienone is 1. The molecular formula is C30H32ClN3O2. The normalized spacial score (nSPS) is 14.9. The topological polar surface area (TPSA) is 64.9 Å². The Morgan fingerprint density at radius 3 is 2.22 bits per heavy atom. The van der Waals surface area contributed by atoms with E-state index >= 15 is 0 Å². The fourth-order valence-electron chi connectivity index (χ4n) is 4.87. The van der Waals surface area contributed by atoms with Crippen LogP contribution in [0, 0.1) is 0 Å². The van der Waals surface area contributed by atoms with Crippen LogP contribution < -0.4 is 10.3 Å². The van der Waals surface area contributed by atoms with Crippen LogP contribution in [0.1, 0.15) is 56.4 Å². The van der Waals surface area contributed by atoms with Crippen molar-refractivity contribution in [3.05, 3.63) is 106 Å². The van der Waals surface area contributed by atoms with Crippen LogP contribution in [-0.4, -0.2) is 29.3 Å². The molecule has 36 heavy (non-hydrogen) atoms. The first-order valence-corrected chi connectivity index (χ1v) is 12.5. The van der Waals surface area contributed by atoms with Gasteiger partial charge in [0, 0.05) is 23.4 Å². The molecule has 0 aromatic heterocycles. The van der Waals surface area contributed by atoms with Crippen molar-refractivity contribution in [2.24, 2.45) is 5.10 Å². The van der Waals surface area contributed by atoms with E-state index in [-0.39, 0.29) is 5.54 Å². The molecule has 6 heteroatoms. The number of carbonyl (C=O) groups is 1. The van der Waals surface area contributed by atoms with Crippen LogP contribution in [0.2, 0.25) is 5.02 Å². The number of amides is 1. The van der Waals surface area contributed by atoms with Crippen molar-refractivity contribution in [1.82, 2.24) is 5.43 Å². The van der Waals surface area contributed by atoms with Gasteiger partial charge in [0.05, 0.1) is 16.8 Å². The number of halogens is 1. The first-order valence-electron chi connectivity index (χ1n) is 12.2. The quantitative estimate of drug-likeness (QED) is 0.302. The van der Waals surface area contributed by atoms with Gasteiger partial charge in [-0.25, -0.2) is 5.43 Å². The summed E-state index contributed by atoms with van der Waals surface area (Å²) in [7, 11) is 0. The molecule has 0 aliphatic carbocycles. The fraction of sp³-hybridized carbons (Fsp3) is 0.267. The molecule has 2 N–H and O–H groups in total. The number of fused-ring (bicyclic) bond motifs is 1. The minimum absolute atomic E-state index is 0.112. The van der Waals surface area contributed by atoms with Crippen LogP contribution in [0.4, 0.5) is 5.69 Å². The summed E-state index contributed by atoms with van der Waals surface area (Å²) in [6.07, 6.45) is 4.81. The largest absolute Gasteiger partial charge is 0.372 e. The Labute approximate surface area is 218 Å². The Morgan fingerprint density at radius 2 is 1.67 bits per heavy atom. The van der Waals surface area contributed by atoms with Gasteiger partial charge in [-0.3, -0.25) is 4.79 Å². The minimum atomic E-state index is -1.90. The fourth-order valence-corrected chi connectivity index (χ4v) is 5.08. The van der Waals surface area contributed by atoms with Gasteiger partial charge in [0.1, 0.15) is 0 Å². The van der Waals surface area contributed by atoms with Crippen molar-refractivity contribution in [3.63, 3.8) is 0 Å². The lowest BCUT2D eigenvalue weighted by atomic mass is 9.85. The molecule has 186 valence electrons. The van der Waals surface area contributed by atoms with E-state index in [9.17, 15) is 9.90 Å². The zero-order chi connectivity index (χ0) is 25.9. The van der Waals surface area contributed by atoms with Gasteiger partial charge in [-0.2, -0.15) is 5.10 Å². The monoisotopic (exact) mass is 501 g/mol. The molecule has 0 unspecified atom stereocenters. The summed E-state index contributed by atoms with van der Waals surface area (Å²) in [5, 5.41) is 16.3. The number of benzene rings is 3. The molecule has 1 amide bonds. The number of hydrazone groups is 1. The molecular weight excluding hydrogens is 470 g/mol. The van der Waals surface area contributed by atoms with Crippen molar-refractivity contribution in [1.29, 1.82) is 0 Å². The van der Waals surface area contributed by atoms with E-state index in [1.54, 1.807) is 48.5 Å². The van der Waals surface area contributed by atoms with Crippen molar-refractivity contribution in [2.75, 3.05) is 11.4 Å². The lowest BCUT2D eigenvalue weighted by Gasteiger charge is -2.43. The van der Waals surface area contributed by atoms with Gasteiger partial charge >= 0.3 is 0 Å². The maximum atomic E-state index is 13.3. The summed E-state index contributed by atoms with van der Waals surface area (Å²) in [5.74, 6) is -0.655. The van der Waals surface area contributed by atoms with Gasteiger partial charge in [-0.1, -0.05) is 85.3 Å². The molecule has 0 spiro atoms. The maximum absolute atomic E-state index is 13.3. The van der Waals surface area contributed by atoms with Crippen molar-refractivity contribution >= 4 is 35.0 Å². The van der Waals surface area contributed by atoms with E-state index in [1.165, 1.54) is 11.8 Å². The Morgan fingerprint density at radius 1 is 1.08 bits per heavy atom. The molecule has 3 aromatic carbocycles. The minimum Gasteiger partial charge on any atom is -0.372 e. The third-order valence-corrected chi connectivity index (χ3v) is 6.95. The number of aliphatic hydroxyl groups is 1. The predicted molar refractivity (Wildman–Crippen MR) is 148 cm³/mol.